The molecule has 136 valence electrons. The fraction of sp³-hybridized carbons (Fsp3) is 0.889. The smallest absolute Gasteiger partial charge is 0.251 e. The van der Waals surface area contributed by atoms with Crippen LogP contribution in [0.5, 0.6) is 0 Å². The summed E-state index contributed by atoms with van der Waals surface area (Å²) in [5.74, 6) is 1.15. The summed E-state index contributed by atoms with van der Waals surface area (Å²) in [4.78, 5) is 21.1. The lowest BCUT2D eigenvalue weighted by Crippen LogP contribution is -2.56. The number of piperazine rings is 1. The van der Waals surface area contributed by atoms with Crippen LogP contribution in [-0.2, 0) is 9.53 Å². The van der Waals surface area contributed by atoms with Crippen molar-refractivity contribution in [2.45, 2.75) is 51.6 Å². The number of rotatable bonds is 3. The molecule has 0 radical (unpaired) electrons. The lowest BCUT2D eigenvalue weighted by molar-refractivity contribution is -0.142. The number of hydrogen-bond donors (Lipinski definition) is 1. The van der Waals surface area contributed by atoms with Crippen LogP contribution in [0, 0.1) is 5.41 Å². The van der Waals surface area contributed by atoms with Crippen molar-refractivity contribution in [3.63, 3.8) is 0 Å². The van der Waals surface area contributed by atoms with E-state index in [2.05, 4.69) is 22.1 Å². The molecule has 1 aliphatic carbocycles. The van der Waals surface area contributed by atoms with E-state index in [9.17, 15) is 4.79 Å². The van der Waals surface area contributed by atoms with E-state index in [1.807, 2.05) is 11.9 Å². The maximum absolute atomic E-state index is 12.4. The van der Waals surface area contributed by atoms with Crippen molar-refractivity contribution in [3.05, 3.63) is 0 Å². The second-order valence-electron chi connectivity index (χ2n) is 7.73. The van der Waals surface area contributed by atoms with E-state index in [4.69, 9.17) is 4.74 Å². The van der Waals surface area contributed by atoms with Gasteiger partial charge in [-0.15, -0.1) is 0 Å². The summed E-state index contributed by atoms with van der Waals surface area (Å²) in [6.45, 7) is 7.30. The molecule has 2 saturated heterocycles. The zero-order valence-electron chi connectivity index (χ0n) is 15.2. The van der Waals surface area contributed by atoms with Crippen LogP contribution in [0.15, 0.2) is 4.99 Å². The standard InChI is InChI=1S/C18H32N4O2/c1-18(7-3-4-8-18)14-20-17(19-2)22-11-9-21(10-12-22)16(23)15-6-5-13-24-15/h15H,3-14H2,1-2H3,(H,19,20). The number of guanidine groups is 1. The molecule has 1 saturated carbocycles. The van der Waals surface area contributed by atoms with E-state index < -0.39 is 0 Å². The molecule has 6 nitrogen and oxygen atoms in total. The minimum Gasteiger partial charge on any atom is -0.368 e. The molecule has 24 heavy (non-hydrogen) atoms. The molecule has 2 aliphatic heterocycles. The van der Waals surface area contributed by atoms with E-state index in [1.165, 1.54) is 25.7 Å². The van der Waals surface area contributed by atoms with Gasteiger partial charge in [0.15, 0.2) is 5.96 Å². The van der Waals surface area contributed by atoms with Gasteiger partial charge in [0.05, 0.1) is 0 Å². The molecule has 0 aromatic carbocycles. The predicted molar refractivity (Wildman–Crippen MR) is 95.1 cm³/mol. The molecule has 1 N–H and O–H groups in total. The second-order valence-corrected chi connectivity index (χ2v) is 7.73. The molecule has 3 fully saturated rings. The Labute approximate surface area is 145 Å². The van der Waals surface area contributed by atoms with Crippen molar-refractivity contribution >= 4 is 11.9 Å². The third kappa shape index (κ3) is 4.02. The van der Waals surface area contributed by atoms with Gasteiger partial charge in [-0.25, -0.2) is 0 Å². The minimum atomic E-state index is -0.198. The Bertz CT molecular complexity index is 460. The highest BCUT2D eigenvalue weighted by Gasteiger charge is 2.32. The molecular weight excluding hydrogens is 304 g/mol. The van der Waals surface area contributed by atoms with Gasteiger partial charge in [-0.1, -0.05) is 19.8 Å². The molecule has 0 aromatic heterocycles. The lowest BCUT2D eigenvalue weighted by Gasteiger charge is -2.38. The Kier molecular flexibility index (Phi) is 5.64. The zero-order chi connectivity index (χ0) is 17.0. The Morgan fingerprint density at radius 1 is 1.17 bits per heavy atom. The normalized spacial score (nSPS) is 27.6. The van der Waals surface area contributed by atoms with E-state index in [0.29, 0.717) is 5.41 Å². The summed E-state index contributed by atoms with van der Waals surface area (Å²) in [5, 5.41) is 3.57. The van der Waals surface area contributed by atoms with Crippen LogP contribution in [-0.4, -0.2) is 74.1 Å². The summed E-state index contributed by atoms with van der Waals surface area (Å²) in [7, 11) is 1.85. The van der Waals surface area contributed by atoms with Crippen LogP contribution >= 0.6 is 0 Å². The molecule has 1 atom stereocenters. The SMILES string of the molecule is CN=C(NCC1(C)CCCC1)N1CCN(C(=O)C2CCCO2)CC1. The van der Waals surface area contributed by atoms with Gasteiger partial charge in [0.1, 0.15) is 6.10 Å². The van der Waals surface area contributed by atoms with Gasteiger partial charge >= 0.3 is 0 Å². The predicted octanol–water partition coefficient (Wildman–Crippen LogP) is 1.47. The van der Waals surface area contributed by atoms with E-state index in [-0.39, 0.29) is 12.0 Å². The first-order valence-electron chi connectivity index (χ1n) is 9.47. The largest absolute Gasteiger partial charge is 0.368 e. The van der Waals surface area contributed by atoms with E-state index in [1.54, 1.807) is 0 Å². The Hall–Kier alpha value is -1.30. The highest BCUT2D eigenvalue weighted by Crippen LogP contribution is 2.36. The fourth-order valence-electron chi connectivity index (χ4n) is 4.14. The van der Waals surface area contributed by atoms with Crippen LogP contribution < -0.4 is 5.32 Å². The van der Waals surface area contributed by atoms with E-state index >= 15 is 0 Å². The fourth-order valence-corrected chi connectivity index (χ4v) is 4.14. The molecule has 6 heteroatoms. The molecule has 0 bridgehead atoms. The number of aliphatic imine (C=N–C) groups is 1. The molecule has 3 rings (SSSR count). The number of nitrogens with zero attached hydrogens (tertiary/aromatic N) is 3. The van der Waals surface area contributed by atoms with Gasteiger partial charge in [0.2, 0.25) is 0 Å². The Morgan fingerprint density at radius 2 is 1.83 bits per heavy atom. The molecular formula is C18H32N4O2. The van der Waals surface area contributed by atoms with Gasteiger partial charge in [0, 0.05) is 46.4 Å². The average Bonchev–Trinajstić information content (AvgIpc) is 3.27. The molecule has 2 heterocycles. The van der Waals surface area contributed by atoms with Crippen LogP contribution in [0.25, 0.3) is 0 Å². The van der Waals surface area contributed by atoms with Crippen LogP contribution in [0.4, 0.5) is 0 Å². The van der Waals surface area contributed by atoms with Crippen molar-refractivity contribution in [2.24, 2.45) is 10.4 Å². The van der Waals surface area contributed by atoms with Gasteiger partial charge in [-0.3, -0.25) is 9.79 Å². The number of carbonyl (C=O) groups is 1. The van der Waals surface area contributed by atoms with Crippen molar-refractivity contribution in [2.75, 3.05) is 46.4 Å². The van der Waals surface area contributed by atoms with Crippen molar-refractivity contribution < 1.29 is 9.53 Å². The molecule has 0 aromatic rings. The number of carbonyl (C=O) groups excluding carboxylic acids is 1. The number of nitrogens with one attached hydrogen (secondary N) is 1. The summed E-state index contributed by atoms with van der Waals surface area (Å²) in [6.07, 6.45) is 6.99. The van der Waals surface area contributed by atoms with Crippen LogP contribution in [0.1, 0.15) is 45.4 Å². The molecule has 1 amide bonds. The van der Waals surface area contributed by atoms with Crippen molar-refractivity contribution in [3.8, 4) is 0 Å². The van der Waals surface area contributed by atoms with Crippen molar-refractivity contribution in [1.29, 1.82) is 0 Å². The second kappa shape index (κ2) is 7.72. The molecule has 0 spiro atoms. The quantitative estimate of drug-likeness (QED) is 0.626. The topological polar surface area (TPSA) is 57.2 Å². The number of ether oxygens (including phenoxy) is 1. The highest BCUT2D eigenvalue weighted by molar-refractivity contribution is 5.82. The maximum Gasteiger partial charge on any atom is 0.251 e. The monoisotopic (exact) mass is 336 g/mol. The summed E-state index contributed by atoms with van der Waals surface area (Å²) in [6, 6.07) is 0. The lowest BCUT2D eigenvalue weighted by atomic mass is 9.89. The van der Waals surface area contributed by atoms with Gasteiger partial charge < -0.3 is 19.9 Å². The summed E-state index contributed by atoms with van der Waals surface area (Å²) in [5.41, 5.74) is 0.410. The third-order valence-corrected chi connectivity index (χ3v) is 5.79. The van der Waals surface area contributed by atoms with Gasteiger partial charge in [-0.05, 0) is 31.1 Å². The first-order valence-corrected chi connectivity index (χ1v) is 9.47. The number of amides is 1. The zero-order valence-corrected chi connectivity index (χ0v) is 15.2. The molecule has 1 unspecified atom stereocenters. The van der Waals surface area contributed by atoms with Gasteiger partial charge in [0.25, 0.3) is 5.91 Å². The van der Waals surface area contributed by atoms with Gasteiger partial charge in [-0.2, -0.15) is 0 Å². The van der Waals surface area contributed by atoms with Crippen LogP contribution in [0.2, 0.25) is 0 Å². The van der Waals surface area contributed by atoms with Crippen LogP contribution in [0.3, 0.4) is 0 Å². The first-order chi connectivity index (χ1) is 11.6. The molecule has 3 aliphatic rings. The van der Waals surface area contributed by atoms with Crippen molar-refractivity contribution in [1.82, 2.24) is 15.1 Å². The van der Waals surface area contributed by atoms with E-state index in [0.717, 1.165) is 58.1 Å². The Morgan fingerprint density at radius 3 is 2.42 bits per heavy atom. The first kappa shape index (κ1) is 17.5. The highest BCUT2D eigenvalue weighted by atomic mass is 16.5. The Balaban J connectivity index is 1.46. The minimum absolute atomic E-state index is 0.175. The number of hydrogen-bond acceptors (Lipinski definition) is 3. The summed E-state index contributed by atoms with van der Waals surface area (Å²) >= 11 is 0. The average molecular weight is 336 g/mol. The third-order valence-electron chi connectivity index (χ3n) is 5.79. The maximum atomic E-state index is 12.4. The summed E-state index contributed by atoms with van der Waals surface area (Å²) < 4.78 is 5.53.